The third-order valence-corrected chi connectivity index (χ3v) is 3.89. The molecule has 0 radical (unpaired) electrons. The number of carbonyl (C=O) groups excluding carboxylic acids is 2. The number of thioether (sulfide) groups is 1. The van der Waals surface area contributed by atoms with Gasteiger partial charge in [-0.25, -0.2) is 0 Å². The van der Waals surface area contributed by atoms with Gasteiger partial charge in [-0.3, -0.25) is 9.59 Å². The van der Waals surface area contributed by atoms with Crippen LogP contribution in [0.3, 0.4) is 0 Å². The zero-order valence-corrected chi connectivity index (χ0v) is 13.1. The summed E-state index contributed by atoms with van der Waals surface area (Å²) in [5, 5.41) is 2.82. The molecule has 1 fully saturated rings. The molecular weight excluding hydrogens is 288 g/mol. The average Bonchev–Trinajstić information content (AvgIpc) is 2.83. The Labute approximate surface area is 129 Å². The Morgan fingerprint density at radius 2 is 2.10 bits per heavy atom. The Morgan fingerprint density at radius 1 is 1.38 bits per heavy atom. The van der Waals surface area contributed by atoms with Crippen molar-refractivity contribution in [1.29, 1.82) is 0 Å². The van der Waals surface area contributed by atoms with Crippen LogP contribution >= 0.6 is 11.8 Å². The van der Waals surface area contributed by atoms with Crippen molar-refractivity contribution in [3.63, 3.8) is 0 Å². The van der Waals surface area contributed by atoms with E-state index in [1.165, 1.54) is 11.8 Å². The molecule has 6 heteroatoms. The summed E-state index contributed by atoms with van der Waals surface area (Å²) in [6.07, 6.45) is 0.145. The summed E-state index contributed by atoms with van der Waals surface area (Å²) < 4.78 is 5.56. The van der Waals surface area contributed by atoms with Crippen LogP contribution in [0.15, 0.2) is 24.3 Å². The number of ether oxygens (including phenoxy) is 1. The van der Waals surface area contributed by atoms with Gasteiger partial charge in [0.05, 0.1) is 17.7 Å². The molecule has 114 valence electrons. The maximum atomic E-state index is 11.8. The van der Waals surface area contributed by atoms with Crippen molar-refractivity contribution in [3.05, 3.63) is 29.8 Å². The van der Waals surface area contributed by atoms with E-state index < -0.39 is 0 Å². The van der Waals surface area contributed by atoms with E-state index in [0.29, 0.717) is 18.2 Å². The fraction of sp³-hybridized carbons (Fsp3) is 0.467. The van der Waals surface area contributed by atoms with Crippen LogP contribution in [0.4, 0.5) is 0 Å². The highest BCUT2D eigenvalue weighted by Gasteiger charge is 2.22. The SMILES string of the molecule is CC(C)Oc1ccc(CNC(=O)CN2CSCC2=O)cc1. The molecule has 1 N–H and O–H groups in total. The lowest BCUT2D eigenvalue weighted by Crippen LogP contribution is -2.37. The lowest BCUT2D eigenvalue weighted by atomic mass is 10.2. The molecule has 2 amide bonds. The zero-order chi connectivity index (χ0) is 15.2. The first-order valence-corrected chi connectivity index (χ1v) is 8.08. The predicted octanol–water partition coefficient (Wildman–Crippen LogP) is 1.62. The number of amides is 2. The number of nitrogens with zero attached hydrogens (tertiary/aromatic N) is 1. The highest BCUT2D eigenvalue weighted by molar-refractivity contribution is 8.00. The number of rotatable bonds is 6. The van der Waals surface area contributed by atoms with E-state index in [0.717, 1.165) is 11.3 Å². The number of benzene rings is 1. The standard InChI is InChI=1S/C15H20N2O3S/c1-11(2)20-13-5-3-12(4-6-13)7-16-14(18)8-17-10-21-9-15(17)19/h3-6,11H,7-10H2,1-2H3,(H,16,18). The van der Waals surface area contributed by atoms with Crippen LogP contribution in [0.5, 0.6) is 5.75 Å². The first kappa shape index (κ1) is 15.7. The number of carbonyl (C=O) groups is 2. The molecule has 0 unspecified atom stereocenters. The lowest BCUT2D eigenvalue weighted by Gasteiger charge is -2.14. The molecule has 1 saturated heterocycles. The highest BCUT2D eigenvalue weighted by atomic mass is 32.2. The smallest absolute Gasteiger partial charge is 0.239 e. The quantitative estimate of drug-likeness (QED) is 0.867. The van der Waals surface area contributed by atoms with Gasteiger partial charge in [0.15, 0.2) is 0 Å². The van der Waals surface area contributed by atoms with E-state index in [-0.39, 0.29) is 24.5 Å². The molecule has 2 rings (SSSR count). The predicted molar refractivity (Wildman–Crippen MR) is 83.1 cm³/mol. The molecule has 0 aliphatic carbocycles. The first-order valence-electron chi connectivity index (χ1n) is 6.92. The minimum Gasteiger partial charge on any atom is -0.491 e. The van der Waals surface area contributed by atoms with Crippen LogP contribution in [0.1, 0.15) is 19.4 Å². The molecule has 1 aromatic rings. The summed E-state index contributed by atoms with van der Waals surface area (Å²) in [5.74, 6) is 1.80. The van der Waals surface area contributed by atoms with E-state index in [9.17, 15) is 9.59 Å². The second-order valence-electron chi connectivity index (χ2n) is 5.16. The first-order chi connectivity index (χ1) is 10.0. The minimum absolute atomic E-state index is 0.0327. The topological polar surface area (TPSA) is 58.6 Å². The van der Waals surface area contributed by atoms with Crippen LogP contribution in [0.25, 0.3) is 0 Å². The molecule has 1 aliphatic heterocycles. The van der Waals surface area contributed by atoms with Gasteiger partial charge in [0, 0.05) is 6.54 Å². The zero-order valence-electron chi connectivity index (χ0n) is 12.3. The van der Waals surface area contributed by atoms with Crippen molar-refractivity contribution in [1.82, 2.24) is 10.2 Å². The van der Waals surface area contributed by atoms with Gasteiger partial charge in [0.25, 0.3) is 0 Å². The molecule has 21 heavy (non-hydrogen) atoms. The second-order valence-corrected chi connectivity index (χ2v) is 6.11. The Bertz CT molecular complexity index is 502. The third kappa shape index (κ3) is 4.97. The molecule has 1 aliphatic rings. The van der Waals surface area contributed by atoms with E-state index >= 15 is 0 Å². The molecular formula is C15H20N2O3S. The van der Waals surface area contributed by atoms with Crippen LogP contribution < -0.4 is 10.1 Å². The Morgan fingerprint density at radius 3 is 2.67 bits per heavy atom. The fourth-order valence-corrected chi connectivity index (χ4v) is 2.83. The van der Waals surface area contributed by atoms with Gasteiger partial charge in [0.1, 0.15) is 12.3 Å². The van der Waals surface area contributed by atoms with Crippen molar-refractivity contribution >= 4 is 23.6 Å². The maximum absolute atomic E-state index is 11.8. The summed E-state index contributed by atoms with van der Waals surface area (Å²) in [6, 6.07) is 7.63. The molecule has 0 atom stereocenters. The van der Waals surface area contributed by atoms with Crippen molar-refractivity contribution < 1.29 is 14.3 Å². The van der Waals surface area contributed by atoms with Crippen LogP contribution in [-0.4, -0.2) is 41.0 Å². The van der Waals surface area contributed by atoms with Gasteiger partial charge >= 0.3 is 0 Å². The largest absolute Gasteiger partial charge is 0.491 e. The van der Waals surface area contributed by atoms with Gasteiger partial charge in [-0.2, -0.15) is 0 Å². The lowest BCUT2D eigenvalue weighted by molar-refractivity contribution is -0.132. The van der Waals surface area contributed by atoms with Crippen molar-refractivity contribution in [2.24, 2.45) is 0 Å². The third-order valence-electron chi connectivity index (χ3n) is 2.94. The monoisotopic (exact) mass is 308 g/mol. The van der Waals surface area contributed by atoms with Crippen molar-refractivity contribution in [2.75, 3.05) is 18.2 Å². The molecule has 5 nitrogen and oxygen atoms in total. The Hall–Kier alpha value is -1.69. The van der Waals surface area contributed by atoms with Crippen LogP contribution in [0.2, 0.25) is 0 Å². The van der Waals surface area contributed by atoms with Gasteiger partial charge in [-0.05, 0) is 31.5 Å². The van der Waals surface area contributed by atoms with E-state index in [4.69, 9.17) is 4.74 Å². The highest BCUT2D eigenvalue weighted by Crippen LogP contribution is 2.15. The summed E-state index contributed by atoms with van der Waals surface area (Å²) in [5.41, 5.74) is 1.00. The summed E-state index contributed by atoms with van der Waals surface area (Å²) in [6.45, 7) is 4.55. The number of hydrogen-bond donors (Lipinski definition) is 1. The van der Waals surface area contributed by atoms with Crippen LogP contribution in [0, 0.1) is 0 Å². The molecule has 0 bridgehead atoms. The molecule has 0 aromatic heterocycles. The van der Waals surface area contributed by atoms with Crippen molar-refractivity contribution in [2.45, 2.75) is 26.5 Å². The Balaban J connectivity index is 1.77. The summed E-state index contributed by atoms with van der Waals surface area (Å²) in [4.78, 5) is 24.8. The number of nitrogens with one attached hydrogen (secondary N) is 1. The van der Waals surface area contributed by atoms with Gasteiger partial charge in [-0.1, -0.05) is 12.1 Å². The fourth-order valence-electron chi connectivity index (χ4n) is 1.93. The second kappa shape index (κ2) is 7.36. The molecule has 1 heterocycles. The minimum atomic E-state index is -0.131. The molecule has 1 aromatic carbocycles. The average molecular weight is 308 g/mol. The van der Waals surface area contributed by atoms with Gasteiger partial charge in [0.2, 0.25) is 11.8 Å². The van der Waals surface area contributed by atoms with E-state index in [2.05, 4.69) is 5.32 Å². The summed E-state index contributed by atoms with van der Waals surface area (Å²) in [7, 11) is 0. The molecule has 0 spiro atoms. The Kier molecular flexibility index (Phi) is 5.50. The normalized spacial score (nSPS) is 14.6. The van der Waals surface area contributed by atoms with Crippen molar-refractivity contribution in [3.8, 4) is 5.75 Å². The number of hydrogen-bond acceptors (Lipinski definition) is 4. The van der Waals surface area contributed by atoms with E-state index in [1.807, 2.05) is 38.1 Å². The summed E-state index contributed by atoms with van der Waals surface area (Å²) >= 11 is 1.54. The van der Waals surface area contributed by atoms with Gasteiger partial charge in [-0.15, -0.1) is 11.8 Å². The van der Waals surface area contributed by atoms with Gasteiger partial charge < -0.3 is 15.0 Å². The maximum Gasteiger partial charge on any atom is 0.239 e. The van der Waals surface area contributed by atoms with E-state index in [1.54, 1.807) is 4.90 Å². The molecule has 0 saturated carbocycles. The van der Waals surface area contributed by atoms with Crippen LogP contribution in [-0.2, 0) is 16.1 Å².